The number of rotatable bonds is 3. The minimum atomic E-state index is -3.92. The summed E-state index contributed by atoms with van der Waals surface area (Å²) in [5.74, 6) is -0.504. The molecule has 3 rings (SSSR count). The van der Waals surface area contributed by atoms with E-state index in [1.165, 1.54) is 7.05 Å². The average molecular weight is 377 g/mol. The van der Waals surface area contributed by atoms with Crippen LogP contribution in [0.2, 0.25) is 5.02 Å². The maximum Gasteiger partial charge on any atom is 0.268 e. The number of benzene rings is 2. The lowest BCUT2D eigenvalue weighted by Gasteiger charge is -2.09. The molecule has 2 N–H and O–H groups in total. The lowest BCUT2D eigenvalue weighted by atomic mass is 10.2. The summed E-state index contributed by atoms with van der Waals surface area (Å²) in [6.07, 6.45) is 0. The average Bonchev–Trinajstić information content (AvgIpc) is 2.92. The number of aromatic nitrogens is 1. The highest BCUT2D eigenvalue weighted by molar-refractivity contribution is 7.91. The van der Waals surface area contributed by atoms with Gasteiger partial charge in [-0.15, -0.1) is 0 Å². The zero-order valence-corrected chi connectivity index (χ0v) is 15.5. The van der Waals surface area contributed by atoms with E-state index in [2.05, 4.69) is 10.3 Å². The van der Waals surface area contributed by atoms with Gasteiger partial charge in [0.1, 0.15) is 10.6 Å². The van der Waals surface area contributed by atoms with Gasteiger partial charge in [-0.3, -0.25) is 4.79 Å². The number of amides is 1. The summed E-state index contributed by atoms with van der Waals surface area (Å²) in [6, 6.07) is 9.94. The van der Waals surface area contributed by atoms with Gasteiger partial charge in [0.05, 0.1) is 4.90 Å². The van der Waals surface area contributed by atoms with E-state index in [1.807, 2.05) is 19.9 Å². The number of aromatic amines is 1. The topological polar surface area (TPSA) is 79.0 Å². The van der Waals surface area contributed by atoms with Gasteiger partial charge in [-0.2, -0.15) is 0 Å². The first-order valence-corrected chi connectivity index (χ1v) is 9.47. The minimum absolute atomic E-state index is 0.000995. The van der Waals surface area contributed by atoms with E-state index in [-0.39, 0.29) is 15.5 Å². The molecular formula is C18H17ClN2O3S. The van der Waals surface area contributed by atoms with Crippen LogP contribution in [0.3, 0.4) is 0 Å². The number of aryl methyl sites for hydroxylation is 2. The van der Waals surface area contributed by atoms with Crippen LogP contribution in [0, 0.1) is 13.8 Å². The summed E-state index contributed by atoms with van der Waals surface area (Å²) < 4.78 is 26.6. The first kappa shape index (κ1) is 17.5. The molecule has 0 aliphatic heterocycles. The number of carbonyl (C=O) groups is 1. The number of carbonyl (C=O) groups excluding carboxylic acids is 1. The molecule has 1 heterocycles. The molecule has 0 saturated heterocycles. The Morgan fingerprint density at radius 1 is 1.08 bits per heavy atom. The monoisotopic (exact) mass is 376 g/mol. The number of H-pyrrole nitrogens is 1. The molecule has 0 radical (unpaired) electrons. The Morgan fingerprint density at radius 3 is 2.32 bits per heavy atom. The third kappa shape index (κ3) is 3.03. The lowest BCUT2D eigenvalue weighted by molar-refractivity contribution is 0.0955. The normalized spacial score (nSPS) is 11.7. The van der Waals surface area contributed by atoms with Gasteiger partial charge in [0.25, 0.3) is 5.91 Å². The van der Waals surface area contributed by atoms with Gasteiger partial charge >= 0.3 is 0 Å². The maximum absolute atomic E-state index is 13.3. The van der Waals surface area contributed by atoms with Crippen molar-refractivity contribution in [1.29, 1.82) is 0 Å². The summed E-state index contributed by atoms with van der Waals surface area (Å²) in [7, 11) is -2.47. The molecule has 7 heteroatoms. The molecule has 1 aromatic heterocycles. The Hall–Kier alpha value is -2.31. The highest BCUT2D eigenvalue weighted by atomic mass is 35.5. The maximum atomic E-state index is 13.3. The summed E-state index contributed by atoms with van der Waals surface area (Å²) >= 11 is 6.05. The van der Waals surface area contributed by atoms with Gasteiger partial charge in [0.15, 0.2) is 0 Å². The number of nitrogens with one attached hydrogen (secondary N) is 2. The fourth-order valence-electron chi connectivity index (χ4n) is 2.91. The van der Waals surface area contributed by atoms with Crippen LogP contribution in [-0.4, -0.2) is 26.4 Å². The third-order valence-electron chi connectivity index (χ3n) is 3.94. The number of fused-ring (bicyclic) bond motifs is 1. The Bertz CT molecular complexity index is 1080. The number of hydrogen-bond acceptors (Lipinski definition) is 3. The fourth-order valence-corrected chi connectivity index (χ4v) is 4.87. The molecule has 0 bridgehead atoms. The van der Waals surface area contributed by atoms with Crippen LogP contribution in [-0.2, 0) is 9.84 Å². The fraction of sp³-hybridized carbons (Fsp3) is 0.167. The highest BCUT2D eigenvalue weighted by Gasteiger charge is 2.29. The number of halogens is 1. The van der Waals surface area contributed by atoms with Crippen LogP contribution in [0.25, 0.3) is 10.9 Å². The van der Waals surface area contributed by atoms with E-state index in [4.69, 9.17) is 11.6 Å². The van der Waals surface area contributed by atoms with Crippen LogP contribution in [0.15, 0.2) is 46.2 Å². The number of hydrogen-bond donors (Lipinski definition) is 2. The number of sulfone groups is 1. The third-order valence-corrected chi connectivity index (χ3v) is 5.99. The van der Waals surface area contributed by atoms with Crippen molar-refractivity contribution < 1.29 is 13.2 Å². The van der Waals surface area contributed by atoms with Crippen molar-refractivity contribution in [1.82, 2.24) is 10.3 Å². The van der Waals surface area contributed by atoms with Crippen LogP contribution in [0.4, 0.5) is 0 Å². The largest absolute Gasteiger partial charge is 0.354 e. The van der Waals surface area contributed by atoms with Crippen LogP contribution >= 0.6 is 11.6 Å². The molecule has 0 fully saturated rings. The Kier molecular flexibility index (Phi) is 4.34. The van der Waals surface area contributed by atoms with Crippen LogP contribution in [0.5, 0.6) is 0 Å². The van der Waals surface area contributed by atoms with Crippen molar-refractivity contribution in [3.63, 3.8) is 0 Å². The lowest BCUT2D eigenvalue weighted by Crippen LogP contribution is -2.21. The Labute approximate surface area is 150 Å². The molecule has 130 valence electrons. The van der Waals surface area contributed by atoms with Gasteiger partial charge < -0.3 is 10.3 Å². The summed E-state index contributed by atoms with van der Waals surface area (Å²) in [6.45, 7) is 3.66. The Morgan fingerprint density at radius 2 is 1.72 bits per heavy atom. The van der Waals surface area contributed by atoms with Crippen molar-refractivity contribution in [3.05, 3.63) is 58.2 Å². The predicted molar refractivity (Wildman–Crippen MR) is 98.1 cm³/mol. The van der Waals surface area contributed by atoms with Crippen LogP contribution < -0.4 is 5.32 Å². The van der Waals surface area contributed by atoms with E-state index in [9.17, 15) is 13.2 Å². The molecule has 0 saturated carbocycles. The molecule has 25 heavy (non-hydrogen) atoms. The zero-order valence-electron chi connectivity index (χ0n) is 14.0. The molecule has 0 aliphatic carbocycles. The van der Waals surface area contributed by atoms with Gasteiger partial charge in [-0.1, -0.05) is 17.7 Å². The van der Waals surface area contributed by atoms with Gasteiger partial charge in [0, 0.05) is 23.0 Å². The minimum Gasteiger partial charge on any atom is -0.354 e. The SMILES string of the molecule is CNC(=O)c1[nH]c2ccc(Cl)cc2c1S(=O)(=O)c1cc(C)cc(C)c1. The van der Waals surface area contributed by atoms with Gasteiger partial charge in [0.2, 0.25) is 9.84 Å². The second-order valence-electron chi connectivity index (χ2n) is 5.93. The summed E-state index contributed by atoms with van der Waals surface area (Å²) in [4.78, 5) is 15.2. The van der Waals surface area contributed by atoms with Crippen molar-refractivity contribution in [2.24, 2.45) is 0 Å². The molecule has 0 unspecified atom stereocenters. The van der Waals surface area contributed by atoms with E-state index in [1.54, 1.807) is 30.3 Å². The highest BCUT2D eigenvalue weighted by Crippen LogP contribution is 2.34. The van der Waals surface area contributed by atoms with Crippen molar-refractivity contribution in [2.45, 2.75) is 23.6 Å². The summed E-state index contributed by atoms with van der Waals surface area (Å²) in [5.41, 5.74) is 2.20. The first-order valence-electron chi connectivity index (χ1n) is 7.60. The van der Waals surface area contributed by atoms with Crippen LogP contribution in [0.1, 0.15) is 21.6 Å². The van der Waals surface area contributed by atoms with E-state index in [0.29, 0.717) is 15.9 Å². The molecule has 0 atom stereocenters. The molecular weight excluding hydrogens is 360 g/mol. The second kappa shape index (κ2) is 6.20. The molecule has 0 aliphatic rings. The molecule has 0 spiro atoms. The second-order valence-corrected chi connectivity index (χ2v) is 8.25. The van der Waals surface area contributed by atoms with Gasteiger partial charge in [-0.05, 0) is 55.3 Å². The predicted octanol–water partition coefficient (Wildman–Crippen LogP) is 3.63. The van der Waals surface area contributed by atoms with Gasteiger partial charge in [-0.25, -0.2) is 8.42 Å². The first-order chi connectivity index (χ1) is 11.7. The summed E-state index contributed by atoms with van der Waals surface area (Å²) in [5, 5.41) is 3.26. The zero-order chi connectivity index (χ0) is 18.4. The standard InChI is InChI=1S/C18H17ClN2O3S/c1-10-6-11(2)8-13(7-10)25(23,24)17-14-9-12(19)4-5-15(14)21-16(17)18(22)20-3/h4-9,21H,1-3H3,(H,20,22). The van der Waals surface area contributed by atoms with Crippen molar-refractivity contribution >= 4 is 38.2 Å². The van der Waals surface area contributed by atoms with E-state index < -0.39 is 15.7 Å². The quantitative estimate of drug-likeness (QED) is 0.732. The van der Waals surface area contributed by atoms with E-state index >= 15 is 0 Å². The molecule has 3 aromatic rings. The smallest absolute Gasteiger partial charge is 0.268 e. The van der Waals surface area contributed by atoms with E-state index in [0.717, 1.165) is 11.1 Å². The van der Waals surface area contributed by atoms with Crippen molar-refractivity contribution in [2.75, 3.05) is 7.05 Å². The molecule has 5 nitrogen and oxygen atoms in total. The molecule has 2 aromatic carbocycles. The van der Waals surface area contributed by atoms with Crippen molar-refractivity contribution in [3.8, 4) is 0 Å². The Balaban J connectivity index is 2.39. The molecule has 1 amide bonds.